The van der Waals surface area contributed by atoms with Crippen molar-refractivity contribution in [1.82, 2.24) is 5.32 Å². The van der Waals surface area contributed by atoms with Crippen molar-refractivity contribution in [2.75, 3.05) is 6.54 Å². The van der Waals surface area contributed by atoms with Crippen molar-refractivity contribution in [3.05, 3.63) is 23.7 Å². The minimum absolute atomic E-state index is 0.221. The van der Waals surface area contributed by atoms with Crippen molar-refractivity contribution in [2.45, 2.75) is 32.2 Å². The summed E-state index contributed by atoms with van der Waals surface area (Å²) < 4.78 is 12.2. The van der Waals surface area contributed by atoms with Gasteiger partial charge < -0.3 is 11.1 Å². The first-order chi connectivity index (χ1) is 8.21. The van der Waals surface area contributed by atoms with Gasteiger partial charge in [-0.05, 0) is 24.8 Å². The number of nitrogens with two attached hydrogens (primary N) is 1. The third-order valence-corrected chi connectivity index (χ3v) is 2.49. The van der Waals surface area contributed by atoms with Gasteiger partial charge in [-0.3, -0.25) is 9.79 Å². The summed E-state index contributed by atoms with van der Waals surface area (Å²) in [5.74, 6) is -0.221. The third-order valence-electron chi connectivity index (χ3n) is 2.49. The predicted octanol–water partition coefficient (Wildman–Crippen LogP) is 1.44. The highest BCUT2D eigenvalue weighted by Gasteiger charge is 2.24. The van der Waals surface area contributed by atoms with Crippen LogP contribution in [0, 0.1) is 0 Å². The lowest BCUT2D eigenvalue weighted by Gasteiger charge is -2.02. The summed E-state index contributed by atoms with van der Waals surface area (Å²) in [6.45, 7) is 2.10. The molecule has 0 saturated heterocycles. The number of amides is 1. The van der Waals surface area contributed by atoms with E-state index in [1.165, 1.54) is 12.4 Å². The van der Waals surface area contributed by atoms with Crippen LogP contribution in [0.1, 0.15) is 26.2 Å². The monoisotopic (exact) mass is 239 g/mol. The molecule has 3 N–H and O–H groups in total. The Labute approximate surface area is 100 Å². The van der Waals surface area contributed by atoms with E-state index in [4.69, 9.17) is 5.73 Å². The number of hydrogen-bond donors (Lipinski definition) is 2. The number of nitrogens with one attached hydrogen (secondary N) is 1. The van der Waals surface area contributed by atoms with Crippen molar-refractivity contribution in [1.29, 1.82) is 0 Å². The zero-order chi connectivity index (χ0) is 12.7. The van der Waals surface area contributed by atoms with Crippen molar-refractivity contribution < 1.29 is 9.18 Å². The van der Waals surface area contributed by atoms with Gasteiger partial charge in [0.15, 0.2) is 0 Å². The summed E-state index contributed by atoms with van der Waals surface area (Å²) in [5, 5.41) is 2.80. The molecular weight excluding hydrogens is 221 g/mol. The van der Waals surface area contributed by atoms with Gasteiger partial charge in [0, 0.05) is 18.5 Å². The molecule has 1 aliphatic carbocycles. The fourth-order valence-corrected chi connectivity index (χ4v) is 1.16. The SMILES string of the molecule is CC/C(=C\F)CN=CC(=CN)C(=O)NC1CC1. The summed E-state index contributed by atoms with van der Waals surface area (Å²) in [7, 11) is 0. The van der Waals surface area contributed by atoms with Gasteiger partial charge in [-0.1, -0.05) is 6.92 Å². The van der Waals surface area contributed by atoms with Crippen LogP contribution in [0.2, 0.25) is 0 Å². The van der Waals surface area contributed by atoms with E-state index in [-0.39, 0.29) is 18.5 Å². The van der Waals surface area contributed by atoms with Gasteiger partial charge in [-0.15, -0.1) is 0 Å². The maximum atomic E-state index is 12.2. The number of nitrogens with zero attached hydrogens (tertiary/aromatic N) is 1. The van der Waals surface area contributed by atoms with Crippen LogP contribution in [0.15, 0.2) is 28.7 Å². The quantitative estimate of drug-likeness (QED) is 0.544. The molecule has 4 nitrogen and oxygen atoms in total. The minimum Gasteiger partial charge on any atom is -0.404 e. The first-order valence-electron chi connectivity index (χ1n) is 5.72. The fraction of sp³-hybridized carbons (Fsp3) is 0.500. The number of carbonyl (C=O) groups excluding carboxylic acids is 1. The summed E-state index contributed by atoms with van der Waals surface area (Å²) in [6, 6.07) is 0.280. The molecule has 0 radical (unpaired) electrons. The van der Waals surface area contributed by atoms with Crippen LogP contribution in [0.5, 0.6) is 0 Å². The van der Waals surface area contributed by atoms with Crippen LogP contribution in [-0.4, -0.2) is 24.7 Å². The largest absolute Gasteiger partial charge is 0.404 e. The van der Waals surface area contributed by atoms with Gasteiger partial charge in [-0.2, -0.15) is 0 Å². The Bertz CT molecular complexity index is 357. The van der Waals surface area contributed by atoms with E-state index in [0.29, 0.717) is 23.9 Å². The number of halogens is 1. The second-order valence-corrected chi connectivity index (χ2v) is 3.96. The molecule has 1 saturated carbocycles. The van der Waals surface area contributed by atoms with Crippen LogP contribution in [-0.2, 0) is 4.79 Å². The second kappa shape index (κ2) is 6.83. The Morgan fingerprint density at radius 1 is 1.59 bits per heavy atom. The van der Waals surface area contributed by atoms with Gasteiger partial charge in [-0.25, -0.2) is 4.39 Å². The lowest BCUT2D eigenvalue weighted by molar-refractivity contribution is -0.117. The van der Waals surface area contributed by atoms with Gasteiger partial charge in [0.1, 0.15) is 0 Å². The van der Waals surface area contributed by atoms with Crippen LogP contribution in [0.4, 0.5) is 4.39 Å². The lowest BCUT2D eigenvalue weighted by atomic mass is 10.2. The van der Waals surface area contributed by atoms with Crippen molar-refractivity contribution >= 4 is 12.1 Å². The van der Waals surface area contributed by atoms with Crippen LogP contribution in [0.3, 0.4) is 0 Å². The van der Waals surface area contributed by atoms with Crippen LogP contribution < -0.4 is 11.1 Å². The molecule has 0 aromatic heterocycles. The van der Waals surface area contributed by atoms with Gasteiger partial charge in [0.25, 0.3) is 5.91 Å². The zero-order valence-electron chi connectivity index (χ0n) is 9.95. The van der Waals surface area contributed by atoms with E-state index in [1.807, 2.05) is 6.92 Å². The minimum atomic E-state index is -0.221. The van der Waals surface area contributed by atoms with E-state index in [1.54, 1.807) is 0 Å². The Balaban J connectivity index is 2.45. The number of hydrogen-bond acceptors (Lipinski definition) is 3. The average Bonchev–Trinajstić information content (AvgIpc) is 3.13. The summed E-state index contributed by atoms with van der Waals surface area (Å²) in [4.78, 5) is 15.6. The molecule has 94 valence electrons. The highest BCUT2D eigenvalue weighted by Crippen LogP contribution is 2.18. The van der Waals surface area contributed by atoms with E-state index >= 15 is 0 Å². The molecule has 0 heterocycles. The molecule has 1 amide bonds. The smallest absolute Gasteiger partial charge is 0.254 e. The molecule has 0 aromatic rings. The van der Waals surface area contributed by atoms with Gasteiger partial charge in [0.2, 0.25) is 0 Å². The lowest BCUT2D eigenvalue weighted by Crippen LogP contribution is -2.28. The van der Waals surface area contributed by atoms with E-state index < -0.39 is 0 Å². The van der Waals surface area contributed by atoms with E-state index in [9.17, 15) is 9.18 Å². The summed E-state index contributed by atoms with van der Waals surface area (Å²) in [6.07, 6.45) is 5.79. The summed E-state index contributed by atoms with van der Waals surface area (Å²) in [5.41, 5.74) is 6.24. The highest BCUT2D eigenvalue weighted by molar-refractivity contribution is 6.12. The number of rotatable bonds is 6. The molecule has 1 fully saturated rings. The molecule has 0 aliphatic heterocycles. The number of aliphatic imine (C=N–C) groups is 1. The maximum Gasteiger partial charge on any atom is 0.254 e. The maximum absolute atomic E-state index is 12.2. The topological polar surface area (TPSA) is 67.5 Å². The molecule has 0 bridgehead atoms. The Morgan fingerprint density at radius 2 is 2.29 bits per heavy atom. The molecule has 0 atom stereocenters. The molecule has 5 heteroatoms. The van der Waals surface area contributed by atoms with Crippen LogP contribution >= 0.6 is 0 Å². The van der Waals surface area contributed by atoms with Crippen molar-refractivity contribution in [3.8, 4) is 0 Å². The Morgan fingerprint density at radius 3 is 2.76 bits per heavy atom. The average molecular weight is 239 g/mol. The van der Waals surface area contributed by atoms with E-state index in [0.717, 1.165) is 12.8 Å². The Kier molecular flexibility index (Phi) is 5.39. The highest BCUT2D eigenvalue weighted by atomic mass is 19.1. The first kappa shape index (κ1) is 13.4. The molecule has 0 spiro atoms. The third kappa shape index (κ3) is 4.80. The van der Waals surface area contributed by atoms with Gasteiger partial charge in [0.05, 0.1) is 18.4 Å². The molecule has 1 aliphatic rings. The number of carbonyl (C=O) groups is 1. The fourth-order valence-electron chi connectivity index (χ4n) is 1.16. The standard InChI is InChI=1S/C12H18FN3O/c1-2-9(5-13)7-15-8-10(6-14)12(17)16-11-3-4-11/h5-6,8,11H,2-4,7,14H2,1H3,(H,16,17)/b9-5+,10-6?,15-8?. The molecule has 1 rings (SSSR count). The normalized spacial score (nSPS) is 17.5. The first-order valence-corrected chi connectivity index (χ1v) is 5.72. The van der Waals surface area contributed by atoms with Crippen LogP contribution in [0.25, 0.3) is 0 Å². The predicted molar refractivity (Wildman–Crippen MR) is 66.3 cm³/mol. The zero-order valence-corrected chi connectivity index (χ0v) is 9.95. The second-order valence-electron chi connectivity index (χ2n) is 3.96. The van der Waals surface area contributed by atoms with Crippen molar-refractivity contribution in [3.63, 3.8) is 0 Å². The summed E-state index contributed by atoms with van der Waals surface area (Å²) >= 11 is 0. The molecule has 0 aromatic carbocycles. The molecule has 0 unspecified atom stereocenters. The molecular formula is C12H18FN3O. The van der Waals surface area contributed by atoms with Crippen molar-refractivity contribution in [2.24, 2.45) is 10.7 Å². The molecule has 17 heavy (non-hydrogen) atoms. The van der Waals surface area contributed by atoms with E-state index in [2.05, 4.69) is 10.3 Å². The van der Waals surface area contributed by atoms with Gasteiger partial charge >= 0.3 is 0 Å². The Hall–Kier alpha value is -1.65.